The van der Waals surface area contributed by atoms with Crippen molar-refractivity contribution in [2.45, 2.75) is 13.0 Å². The fourth-order valence-electron chi connectivity index (χ4n) is 1.79. The van der Waals surface area contributed by atoms with Gasteiger partial charge < -0.3 is 5.32 Å². The van der Waals surface area contributed by atoms with Gasteiger partial charge >= 0.3 is 0 Å². The Kier molecular flexibility index (Phi) is 5.35. The van der Waals surface area contributed by atoms with Gasteiger partial charge in [-0.2, -0.15) is 0 Å². The lowest BCUT2D eigenvalue weighted by molar-refractivity contribution is 0.624. The summed E-state index contributed by atoms with van der Waals surface area (Å²) in [5.74, 6) is -0.477. The van der Waals surface area contributed by atoms with Crippen molar-refractivity contribution < 1.29 is 4.39 Å². The van der Waals surface area contributed by atoms with Gasteiger partial charge in [0.1, 0.15) is 5.82 Å². The van der Waals surface area contributed by atoms with E-state index >= 15 is 0 Å². The van der Waals surface area contributed by atoms with E-state index in [4.69, 9.17) is 23.2 Å². The van der Waals surface area contributed by atoms with Gasteiger partial charge in [0.2, 0.25) is 0 Å². The van der Waals surface area contributed by atoms with Crippen molar-refractivity contribution in [3.8, 4) is 0 Å². The minimum atomic E-state index is -0.477. The molecule has 0 aliphatic rings. The van der Waals surface area contributed by atoms with Crippen molar-refractivity contribution in [1.29, 1.82) is 0 Å². The molecule has 2 aromatic rings. The van der Waals surface area contributed by atoms with E-state index in [1.165, 1.54) is 12.1 Å². The van der Waals surface area contributed by atoms with E-state index in [1.807, 2.05) is 25.1 Å². The number of hydrogen-bond acceptors (Lipinski definition) is 1. The Morgan fingerprint density at radius 1 is 1.10 bits per heavy atom. The fraction of sp³-hybridized carbons (Fsp3) is 0.143. The Morgan fingerprint density at radius 3 is 2.45 bits per heavy atom. The number of halogens is 5. The highest BCUT2D eigenvalue weighted by molar-refractivity contribution is 9.11. The molecule has 0 aliphatic heterocycles. The van der Waals surface area contributed by atoms with E-state index < -0.39 is 5.82 Å². The molecule has 0 saturated heterocycles. The van der Waals surface area contributed by atoms with Crippen LogP contribution in [0, 0.1) is 5.82 Å². The maximum absolute atomic E-state index is 13.6. The van der Waals surface area contributed by atoms with E-state index in [2.05, 4.69) is 37.2 Å². The van der Waals surface area contributed by atoms with Gasteiger partial charge in [0.15, 0.2) is 0 Å². The first kappa shape index (κ1) is 16.1. The molecule has 0 aromatic heterocycles. The highest BCUT2D eigenvalue weighted by Crippen LogP contribution is 2.33. The van der Waals surface area contributed by atoms with Gasteiger partial charge in [0.05, 0.1) is 11.1 Å². The molecule has 0 bridgehead atoms. The third-order valence-corrected chi connectivity index (χ3v) is 4.58. The van der Waals surface area contributed by atoms with Gasteiger partial charge in [0, 0.05) is 19.7 Å². The summed E-state index contributed by atoms with van der Waals surface area (Å²) >= 11 is 18.7. The second kappa shape index (κ2) is 6.65. The minimum Gasteiger partial charge on any atom is -0.378 e. The van der Waals surface area contributed by atoms with Crippen LogP contribution < -0.4 is 5.32 Å². The molecule has 1 N–H and O–H groups in total. The normalized spacial score (nSPS) is 12.3. The van der Waals surface area contributed by atoms with Crippen LogP contribution in [0.4, 0.5) is 10.1 Å². The molecule has 0 spiro atoms. The Bertz CT molecular complexity index is 649. The van der Waals surface area contributed by atoms with E-state index in [-0.39, 0.29) is 11.1 Å². The number of anilines is 1. The lowest BCUT2D eigenvalue weighted by Crippen LogP contribution is -2.08. The van der Waals surface area contributed by atoms with Crippen LogP contribution in [-0.2, 0) is 0 Å². The minimum absolute atomic E-state index is 0.0239. The molecule has 2 rings (SSSR count). The molecule has 20 heavy (non-hydrogen) atoms. The number of nitrogens with one attached hydrogen (secondary N) is 1. The number of hydrogen-bond donors (Lipinski definition) is 1. The SMILES string of the molecule is CC(Nc1ccc(Br)cc1Br)c1cc(F)c(Cl)cc1Cl. The monoisotopic (exact) mass is 439 g/mol. The van der Waals surface area contributed by atoms with Gasteiger partial charge in [-0.3, -0.25) is 0 Å². The van der Waals surface area contributed by atoms with Crippen LogP contribution in [0.1, 0.15) is 18.5 Å². The lowest BCUT2D eigenvalue weighted by atomic mass is 10.1. The molecule has 0 aliphatic carbocycles. The summed E-state index contributed by atoms with van der Waals surface area (Å²) in [5, 5.41) is 3.74. The fourth-order valence-corrected chi connectivity index (χ4v) is 3.50. The Hall–Kier alpha value is -0.290. The van der Waals surface area contributed by atoms with E-state index in [0.717, 1.165) is 14.6 Å². The van der Waals surface area contributed by atoms with E-state index in [1.54, 1.807) is 0 Å². The molecule has 106 valence electrons. The molecule has 1 atom stereocenters. The van der Waals surface area contributed by atoms with Crippen LogP contribution in [0.25, 0.3) is 0 Å². The summed E-state index contributed by atoms with van der Waals surface area (Å²) in [5.41, 5.74) is 1.55. The molecular weight excluding hydrogens is 432 g/mol. The molecule has 6 heteroatoms. The van der Waals surface area contributed by atoms with Gasteiger partial charge in [-0.15, -0.1) is 0 Å². The van der Waals surface area contributed by atoms with E-state index in [9.17, 15) is 4.39 Å². The molecule has 0 amide bonds. The standard InChI is InChI=1S/C14H10Br2Cl2FN/c1-7(9-5-13(19)12(18)6-11(9)17)20-14-3-2-8(15)4-10(14)16/h2-7,20H,1H3. The molecular formula is C14H10Br2Cl2FN. The van der Waals surface area contributed by atoms with Crippen LogP contribution in [0.15, 0.2) is 39.3 Å². The highest BCUT2D eigenvalue weighted by Gasteiger charge is 2.14. The van der Waals surface area contributed by atoms with Gasteiger partial charge in [0.25, 0.3) is 0 Å². The summed E-state index contributed by atoms with van der Waals surface area (Å²) in [6.07, 6.45) is 0. The average molecular weight is 442 g/mol. The van der Waals surface area contributed by atoms with Crippen LogP contribution in [0.2, 0.25) is 10.0 Å². The van der Waals surface area contributed by atoms with Crippen LogP contribution >= 0.6 is 55.1 Å². The Labute approximate surface area is 143 Å². The molecule has 1 unspecified atom stereocenters. The van der Waals surface area contributed by atoms with Crippen molar-refractivity contribution >= 4 is 60.7 Å². The van der Waals surface area contributed by atoms with Crippen LogP contribution in [0.5, 0.6) is 0 Å². The van der Waals surface area contributed by atoms with Crippen molar-refractivity contribution in [2.24, 2.45) is 0 Å². The summed E-state index contributed by atoms with van der Waals surface area (Å²) in [7, 11) is 0. The summed E-state index contributed by atoms with van der Waals surface area (Å²) < 4.78 is 15.4. The first-order valence-electron chi connectivity index (χ1n) is 5.74. The van der Waals surface area contributed by atoms with Crippen molar-refractivity contribution in [3.63, 3.8) is 0 Å². The lowest BCUT2D eigenvalue weighted by Gasteiger charge is -2.18. The van der Waals surface area contributed by atoms with Crippen molar-refractivity contribution in [3.05, 3.63) is 60.7 Å². The molecule has 0 heterocycles. The van der Waals surface area contributed by atoms with Gasteiger partial charge in [-0.1, -0.05) is 39.1 Å². The Balaban J connectivity index is 2.28. The Morgan fingerprint density at radius 2 is 1.80 bits per heavy atom. The zero-order valence-corrected chi connectivity index (χ0v) is 15.0. The molecule has 1 nitrogen and oxygen atoms in total. The summed E-state index contributed by atoms with van der Waals surface area (Å²) in [6, 6.07) is 8.39. The van der Waals surface area contributed by atoms with Gasteiger partial charge in [-0.25, -0.2) is 4.39 Å². The first-order chi connectivity index (χ1) is 9.38. The largest absolute Gasteiger partial charge is 0.378 e. The summed E-state index contributed by atoms with van der Waals surface area (Å²) in [6.45, 7) is 1.91. The molecule has 0 saturated carbocycles. The van der Waals surface area contributed by atoms with Gasteiger partial charge in [-0.05, 0) is 58.7 Å². The van der Waals surface area contributed by atoms with Crippen LogP contribution in [0.3, 0.4) is 0 Å². The maximum Gasteiger partial charge on any atom is 0.142 e. The average Bonchev–Trinajstić information content (AvgIpc) is 2.37. The molecule has 0 radical (unpaired) electrons. The zero-order valence-electron chi connectivity index (χ0n) is 10.4. The third kappa shape index (κ3) is 3.67. The second-order valence-electron chi connectivity index (χ2n) is 4.28. The number of benzene rings is 2. The third-order valence-electron chi connectivity index (χ3n) is 2.81. The quantitative estimate of drug-likeness (QED) is 0.514. The second-order valence-corrected chi connectivity index (χ2v) is 6.86. The topological polar surface area (TPSA) is 12.0 Å². The highest BCUT2D eigenvalue weighted by atomic mass is 79.9. The smallest absolute Gasteiger partial charge is 0.142 e. The zero-order chi connectivity index (χ0) is 14.9. The van der Waals surface area contributed by atoms with Crippen molar-refractivity contribution in [2.75, 3.05) is 5.32 Å². The molecule has 0 fully saturated rings. The predicted octanol–water partition coefficient (Wildman–Crippen LogP) is 6.83. The maximum atomic E-state index is 13.6. The predicted molar refractivity (Wildman–Crippen MR) is 90.3 cm³/mol. The van der Waals surface area contributed by atoms with Crippen LogP contribution in [-0.4, -0.2) is 0 Å². The first-order valence-corrected chi connectivity index (χ1v) is 8.08. The number of rotatable bonds is 3. The summed E-state index contributed by atoms with van der Waals surface area (Å²) in [4.78, 5) is 0. The van der Waals surface area contributed by atoms with E-state index in [0.29, 0.717) is 10.6 Å². The molecule has 2 aromatic carbocycles. The van der Waals surface area contributed by atoms with Crippen molar-refractivity contribution in [1.82, 2.24) is 0 Å².